The van der Waals surface area contributed by atoms with Crippen molar-refractivity contribution >= 4 is 34.5 Å². The van der Waals surface area contributed by atoms with E-state index in [1.54, 1.807) is 0 Å². The highest BCUT2D eigenvalue weighted by Gasteiger charge is 2.13. The maximum Gasteiger partial charge on any atom is 0.238 e. The highest BCUT2D eigenvalue weighted by molar-refractivity contribution is 7.09. The third-order valence-electron chi connectivity index (χ3n) is 4.84. The van der Waals surface area contributed by atoms with Crippen LogP contribution in [0.5, 0.6) is 0 Å². The van der Waals surface area contributed by atoms with Crippen LogP contribution in [0.4, 0.5) is 11.4 Å². The van der Waals surface area contributed by atoms with E-state index in [1.165, 1.54) is 11.3 Å². The highest BCUT2D eigenvalue weighted by Crippen LogP contribution is 2.19. The molecule has 3 aromatic rings. The monoisotopic (exact) mass is 436 g/mol. The van der Waals surface area contributed by atoms with Gasteiger partial charge in [-0.25, -0.2) is 4.98 Å². The summed E-state index contributed by atoms with van der Waals surface area (Å²) in [5, 5.41) is 8.59. The average molecular weight is 437 g/mol. The number of rotatable bonds is 8. The van der Waals surface area contributed by atoms with Gasteiger partial charge in [-0.3, -0.25) is 14.5 Å². The van der Waals surface area contributed by atoms with Crippen molar-refractivity contribution < 1.29 is 9.59 Å². The molecule has 2 N–H and O–H groups in total. The van der Waals surface area contributed by atoms with Crippen molar-refractivity contribution in [3.05, 3.63) is 75.2 Å². The Morgan fingerprint density at radius 3 is 2.32 bits per heavy atom. The van der Waals surface area contributed by atoms with Crippen molar-refractivity contribution in [2.45, 2.75) is 33.7 Å². The Hall–Kier alpha value is -3.03. The summed E-state index contributed by atoms with van der Waals surface area (Å²) in [5.74, 6) is -0.154. The Morgan fingerprint density at radius 1 is 0.968 bits per heavy atom. The van der Waals surface area contributed by atoms with Crippen LogP contribution in [0.25, 0.3) is 0 Å². The van der Waals surface area contributed by atoms with Crippen molar-refractivity contribution in [1.82, 2.24) is 9.88 Å². The standard InChI is InChI=1S/C24H28N4O2S/c1-16-8-10-19(11-9-16)25-21(29)12-23-26-20(15-31-23)13-28(4)14-22(30)27-24-17(2)6-5-7-18(24)3/h5-11,15H,12-14H2,1-4H3,(H,25,29)(H,27,30). The Labute approximate surface area is 187 Å². The number of carbonyl (C=O) groups is 2. The Kier molecular flexibility index (Phi) is 7.55. The van der Waals surface area contributed by atoms with Gasteiger partial charge < -0.3 is 10.6 Å². The van der Waals surface area contributed by atoms with E-state index in [4.69, 9.17) is 0 Å². The number of aromatic nitrogens is 1. The Bertz CT molecular complexity index is 1040. The Morgan fingerprint density at radius 2 is 1.65 bits per heavy atom. The zero-order valence-electron chi connectivity index (χ0n) is 18.4. The molecule has 31 heavy (non-hydrogen) atoms. The summed E-state index contributed by atoms with van der Waals surface area (Å²) in [6, 6.07) is 13.6. The van der Waals surface area contributed by atoms with Gasteiger partial charge in [-0.1, -0.05) is 35.9 Å². The zero-order chi connectivity index (χ0) is 22.4. The lowest BCUT2D eigenvalue weighted by molar-refractivity contribution is -0.117. The predicted octanol–water partition coefficient (Wildman–Crippen LogP) is 4.32. The lowest BCUT2D eigenvalue weighted by Crippen LogP contribution is -2.30. The number of benzene rings is 2. The molecule has 0 saturated carbocycles. The lowest BCUT2D eigenvalue weighted by Gasteiger charge is -2.16. The molecule has 0 unspecified atom stereocenters. The molecule has 2 amide bonds. The van der Waals surface area contributed by atoms with Gasteiger partial charge >= 0.3 is 0 Å². The van der Waals surface area contributed by atoms with Crippen molar-refractivity contribution in [1.29, 1.82) is 0 Å². The molecule has 6 nitrogen and oxygen atoms in total. The fraction of sp³-hybridized carbons (Fsp3) is 0.292. The van der Waals surface area contributed by atoms with Gasteiger partial charge in [-0.05, 0) is 51.1 Å². The molecule has 7 heteroatoms. The quantitative estimate of drug-likeness (QED) is 0.552. The molecule has 0 spiro atoms. The van der Waals surface area contributed by atoms with Crippen LogP contribution in [0.3, 0.4) is 0 Å². The minimum atomic E-state index is -0.0916. The minimum Gasteiger partial charge on any atom is -0.326 e. The molecule has 0 saturated heterocycles. The number of hydrogen-bond donors (Lipinski definition) is 2. The fourth-order valence-corrected chi connectivity index (χ4v) is 4.03. The van der Waals surface area contributed by atoms with E-state index in [-0.39, 0.29) is 24.8 Å². The number of hydrogen-bond acceptors (Lipinski definition) is 5. The molecule has 0 aliphatic carbocycles. The maximum atomic E-state index is 12.4. The van der Waals surface area contributed by atoms with E-state index in [9.17, 15) is 9.59 Å². The number of para-hydroxylation sites is 1. The molecule has 162 valence electrons. The van der Waals surface area contributed by atoms with E-state index >= 15 is 0 Å². The van der Waals surface area contributed by atoms with Crippen LogP contribution >= 0.6 is 11.3 Å². The van der Waals surface area contributed by atoms with E-state index in [2.05, 4.69) is 15.6 Å². The summed E-state index contributed by atoms with van der Waals surface area (Å²) in [6.45, 7) is 6.77. The molecular weight excluding hydrogens is 408 g/mol. The van der Waals surface area contributed by atoms with Crippen LogP contribution in [-0.2, 0) is 22.6 Å². The van der Waals surface area contributed by atoms with E-state index in [0.717, 1.165) is 38.8 Å². The molecule has 0 radical (unpaired) electrons. The maximum absolute atomic E-state index is 12.4. The number of aryl methyl sites for hydroxylation is 3. The molecule has 1 aromatic heterocycles. The number of likely N-dealkylation sites (N-methyl/N-ethyl adjacent to an activating group) is 1. The van der Waals surface area contributed by atoms with Crippen molar-refractivity contribution in [2.24, 2.45) is 0 Å². The number of carbonyl (C=O) groups excluding carboxylic acids is 2. The number of nitrogens with zero attached hydrogens (tertiary/aromatic N) is 2. The van der Waals surface area contributed by atoms with Gasteiger partial charge in [0.25, 0.3) is 0 Å². The van der Waals surface area contributed by atoms with Gasteiger partial charge in [0.1, 0.15) is 5.01 Å². The number of thiazole rings is 1. The van der Waals surface area contributed by atoms with Crippen LogP contribution < -0.4 is 10.6 Å². The Balaban J connectivity index is 1.49. The second-order valence-corrected chi connectivity index (χ2v) is 8.75. The SMILES string of the molecule is Cc1ccc(NC(=O)Cc2nc(CN(C)CC(=O)Nc3c(C)cccc3C)cs2)cc1. The van der Waals surface area contributed by atoms with Gasteiger partial charge in [0.15, 0.2) is 0 Å². The van der Waals surface area contributed by atoms with E-state index < -0.39 is 0 Å². The molecule has 0 aliphatic heterocycles. The highest BCUT2D eigenvalue weighted by atomic mass is 32.1. The first-order chi connectivity index (χ1) is 14.8. The third-order valence-corrected chi connectivity index (χ3v) is 5.74. The van der Waals surface area contributed by atoms with Crippen molar-refractivity contribution in [3.63, 3.8) is 0 Å². The smallest absolute Gasteiger partial charge is 0.238 e. The number of nitrogens with one attached hydrogen (secondary N) is 2. The summed E-state index contributed by atoms with van der Waals surface area (Å²) < 4.78 is 0. The first-order valence-corrected chi connectivity index (χ1v) is 11.0. The minimum absolute atomic E-state index is 0.0622. The molecule has 3 rings (SSSR count). The lowest BCUT2D eigenvalue weighted by atomic mass is 10.1. The first-order valence-electron chi connectivity index (χ1n) is 10.1. The van der Waals surface area contributed by atoms with Crippen molar-refractivity contribution in [2.75, 3.05) is 24.2 Å². The number of amides is 2. The molecule has 0 atom stereocenters. The van der Waals surface area contributed by atoms with Crippen LogP contribution in [0.15, 0.2) is 47.8 Å². The van der Waals surface area contributed by atoms with E-state index in [0.29, 0.717) is 6.54 Å². The summed E-state index contributed by atoms with van der Waals surface area (Å²) in [4.78, 5) is 31.2. The average Bonchev–Trinajstić information content (AvgIpc) is 3.13. The van der Waals surface area contributed by atoms with Crippen LogP contribution in [0, 0.1) is 20.8 Å². The summed E-state index contributed by atoms with van der Waals surface area (Å²) in [5.41, 5.74) is 5.74. The van der Waals surface area contributed by atoms with Gasteiger partial charge in [0, 0.05) is 23.3 Å². The summed E-state index contributed by atoms with van der Waals surface area (Å²) in [7, 11) is 1.88. The molecule has 0 bridgehead atoms. The van der Waals surface area contributed by atoms with Gasteiger partial charge in [-0.2, -0.15) is 0 Å². The largest absolute Gasteiger partial charge is 0.326 e. The van der Waals surface area contributed by atoms with Gasteiger partial charge in [-0.15, -0.1) is 11.3 Å². The second kappa shape index (κ2) is 10.3. The molecular formula is C24H28N4O2S. The predicted molar refractivity (Wildman–Crippen MR) is 127 cm³/mol. The molecule has 0 aliphatic rings. The molecule has 0 fully saturated rings. The van der Waals surface area contributed by atoms with Gasteiger partial charge in [0.2, 0.25) is 11.8 Å². The molecule has 2 aromatic carbocycles. The van der Waals surface area contributed by atoms with Gasteiger partial charge in [0.05, 0.1) is 18.7 Å². The van der Waals surface area contributed by atoms with Crippen LogP contribution in [0.1, 0.15) is 27.4 Å². The van der Waals surface area contributed by atoms with Crippen LogP contribution in [0.2, 0.25) is 0 Å². The molecule has 1 heterocycles. The third kappa shape index (κ3) is 6.73. The van der Waals surface area contributed by atoms with E-state index in [1.807, 2.05) is 80.6 Å². The topological polar surface area (TPSA) is 74.3 Å². The van der Waals surface area contributed by atoms with Crippen LogP contribution in [-0.4, -0.2) is 35.3 Å². The zero-order valence-corrected chi connectivity index (χ0v) is 19.2. The number of anilines is 2. The normalized spacial score (nSPS) is 10.9. The first kappa shape index (κ1) is 22.7. The fourth-order valence-electron chi connectivity index (χ4n) is 3.25. The summed E-state index contributed by atoms with van der Waals surface area (Å²) >= 11 is 1.46. The second-order valence-electron chi connectivity index (χ2n) is 7.81. The summed E-state index contributed by atoms with van der Waals surface area (Å²) in [6.07, 6.45) is 0.231. The van der Waals surface area contributed by atoms with Crippen molar-refractivity contribution in [3.8, 4) is 0 Å².